The van der Waals surface area contributed by atoms with Crippen LogP contribution in [0.5, 0.6) is 5.75 Å². The Kier molecular flexibility index (Phi) is 5.26. The molecule has 1 aromatic rings. The lowest BCUT2D eigenvalue weighted by Gasteiger charge is -2.17. The summed E-state index contributed by atoms with van der Waals surface area (Å²) in [5, 5.41) is 3.39. The zero-order valence-electron chi connectivity index (χ0n) is 12.0. The summed E-state index contributed by atoms with van der Waals surface area (Å²) >= 11 is 0. The van der Waals surface area contributed by atoms with Crippen molar-refractivity contribution in [2.24, 2.45) is 11.8 Å². The number of hydrogen-bond donors (Lipinski definition) is 1. The van der Waals surface area contributed by atoms with Crippen molar-refractivity contribution in [3.8, 4) is 5.75 Å². The minimum atomic E-state index is 0. The second-order valence-corrected chi connectivity index (χ2v) is 5.51. The van der Waals surface area contributed by atoms with Crippen LogP contribution in [0, 0.1) is 11.8 Å². The molecule has 0 unspecified atom stereocenters. The molecule has 3 rings (SSSR count). The predicted octanol–water partition coefficient (Wildman–Crippen LogP) is 1.96. The van der Waals surface area contributed by atoms with Gasteiger partial charge in [-0.3, -0.25) is 4.79 Å². The van der Waals surface area contributed by atoms with Crippen LogP contribution in [0.15, 0.2) is 36.9 Å². The van der Waals surface area contributed by atoms with Crippen molar-refractivity contribution in [2.45, 2.75) is 0 Å². The molecular formula is C16H21ClN2O2. The lowest BCUT2D eigenvalue weighted by Crippen LogP contribution is -2.31. The highest BCUT2D eigenvalue weighted by atomic mass is 35.5. The fraction of sp³-hybridized carbons (Fsp3) is 0.438. The van der Waals surface area contributed by atoms with E-state index in [9.17, 15) is 4.79 Å². The molecule has 1 aromatic carbocycles. The molecule has 2 aliphatic heterocycles. The summed E-state index contributed by atoms with van der Waals surface area (Å²) in [6.07, 6.45) is 1.70. The van der Waals surface area contributed by atoms with Gasteiger partial charge in [0, 0.05) is 31.7 Å². The van der Waals surface area contributed by atoms with E-state index in [2.05, 4.69) is 11.9 Å². The van der Waals surface area contributed by atoms with Gasteiger partial charge in [-0.15, -0.1) is 12.4 Å². The Labute approximate surface area is 131 Å². The van der Waals surface area contributed by atoms with E-state index in [0.717, 1.165) is 37.5 Å². The van der Waals surface area contributed by atoms with E-state index in [1.54, 1.807) is 6.08 Å². The Morgan fingerprint density at radius 3 is 2.48 bits per heavy atom. The lowest BCUT2D eigenvalue weighted by atomic mass is 10.0. The van der Waals surface area contributed by atoms with Crippen LogP contribution in [0.25, 0.3) is 0 Å². The zero-order valence-corrected chi connectivity index (χ0v) is 12.8. The molecule has 2 fully saturated rings. The van der Waals surface area contributed by atoms with Crippen LogP contribution >= 0.6 is 12.4 Å². The van der Waals surface area contributed by atoms with E-state index in [0.29, 0.717) is 18.4 Å². The van der Waals surface area contributed by atoms with Crippen molar-refractivity contribution in [3.05, 3.63) is 42.5 Å². The third-order valence-corrected chi connectivity index (χ3v) is 4.15. The van der Waals surface area contributed by atoms with Gasteiger partial charge in [-0.2, -0.15) is 0 Å². The van der Waals surface area contributed by atoms with Gasteiger partial charge in [-0.25, -0.2) is 0 Å². The number of amides is 1. The van der Waals surface area contributed by atoms with E-state index in [1.807, 2.05) is 29.2 Å². The minimum absolute atomic E-state index is 0. The van der Waals surface area contributed by atoms with E-state index >= 15 is 0 Å². The van der Waals surface area contributed by atoms with E-state index < -0.39 is 0 Å². The molecule has 2 heterocycles. The number of nitrogens with one attached hydrogen (secondary N) is 1. The Balaban J connectivity index is 0.00000161. The monoisotopic (exact) mass is 308 g/mol. The van der Waals surface area contributed by atoms with Crippen LogP contribution in [-0.2, 0) is 0 Å². The predicted molar refractivity (Wildman–Crippen MR) is 85.1 cm³/mol. The molecule has 2 aliphatic rings. The first-order valence-electron chi connectivity index (χ1n) is 7.11. The molecule has 2 saturated heterocycles. The fourth-order valence-electron chi connectivity index (χ4n) is 3.05. The van der Waals surface area contributed by atoms with Gasteiger partial charge < -0.3 is 15.0 Å². The van der Waals surface area contributed by atoms with Gasteiger partial charge in [0.2, 0.25) is 0 Å². The lowest BCUT2D eigenvalue weighted by molar-refractivity contribution is 0.0781. The molecular weight excluding hydrogens is 288 g/mol. The highest BCUT2D eigenvalue weighted by molar-refractivity contribution is 5.94. The molecule has 0 spiro atoms. The molecule has 114 valence electrons. The maximum atomic E-state index is 12.5. The van der Waals surface area contributed by atoms with Gasteiger partial charge in [0.25, 0.3) is 5.91 Å². The summed E-state index contributed by atoms with van der Waals surface area (Å²) in [6.45, 7) is 7.94. The average Bonchev–Trinajstić information content (AvgIpc) is 3.06. The SMILES string of the molecule is C=CCOc1ccc(C(=O)N2C[C@H]3CNC[C@H]3C2)cc1.Cl. The summed E-state index contributed by atoms with van der Waals surface area (Å²) in [5.74, 6) is 2.17. The van der Waals surface area contributed by atoms with E-state index in [-0.39, 0.29) is 18.3 Å². The van der Waals surface area contributed by atoms with Crippen molar-refractivity contribution in [2.75, 3.05) is 32.8 Å². The average molecular weight is 309 g/mol. The Bertz CT molecular complexity index is 492. The highest BCUT2D eigenvalue weighted by Crippen LogP contribution is 2.27. The minimum Gasteiger partial charge on any atom is -0.490 e. The van der Waals surface area contributed by atoms with Gasteiger partial charge in [0.15, 0.2) is 0 Å². The van der Waals surface area contributed by atoms with Gasteiger partial charge >= 0.3 is 0 Å². The second-order valence-electron chi connectivity index (χ2n) is 5.51. The van der Waals surface area contributed by atoms with Gasteiger partial charge in [-0.05, 0) is 36.1 Å². The molecule has 0 aliphatic carbocycles. The Morgan fingerprint density at radius 2 is 1.90 bits per heavy atom. The third kappa shape index (κ3) is 3.39. The largest absolute Gasteiger partial charge is 0.490 e. The first-order valence-corrected chi connectivity index (χ1v) is 7.11. The van der Waals surface area contributed by atoms with Gasteiger partial charge in [-0.1, -0.05) is 12.7 Å². The molecule has 0 saturated carbocycles. The van der Waals surface area contributed by atoms with Crippen molar-refractivity contribution in [1.82, 2.24) is 10.2 Å². The van der Waals surface area contributed by atoms with Crippen LogP contribution in [0.1, 0.15) is 10.4 Å². The molecule has 21 heavy (non-hydrogen) atoms. The van der Waals surface area contributed by atoms with Crippen molar-refractivity contribution in [3.63, 3.8) is 0 Å². The fourth-order valence-corrected chi connectivity index (χ4v) is 3.05. The zero-order chi connectivity index (χ0) is 13.9. The quantitative estimate of drug-likeness (QED) is 0.865. The molecule has 1 N–H and O–H groups in total. The molecule has 5 heteroatoms. The van der Waals surface area contributed by atoms with Crippen LogP contribution in [0.4, 0.5) is 0 Å². The van der Waals surface area contributed by atoms with E-state index in [1.165, 1.54) is 0 Å². The Morgan fingerprint density at radius 1 is 1.29 bits per heavy atom. The summed E-state index contributed by atoms with van der Waals surface area (Å²) in [6, 6.07) is 7.37. The van der Waals surface area contributed by atoms with Crippen LogP contribution in [0.3, 0.4) is 0 Å². The van der Waals surface area contributed by atoms with E-state index in [4.69, 9.17) is 4.74 Å². The van der Waals surface area contributed by atoms with Gasteiger partial charge in [0.1, 0.15) is 12.4 Å². The van der Waals surface area contributed by atoms with Gasteiger partial charge in [0.05, 0.1) is 0 Å². The number of nitrogens with zero attached hydrogens (tertiary/aromatic N) is 1. The molecule has 4 nitrogen and oxygen atoms in total. The third-order valence-electron chi connectivity index (χ3n) is 4.15. The standard InChI is InChI=1S/C16H20N2O2.ClH/c1-2-7-20-15-5-3-12(4-6-15)16(19)18-10-13-8-17-9-14(13)11-18;/h2-6,13-14,17H,1,7-11H2;1H/t13-,14+;. The number of fused-ring (bicyclic) bond motifs is 1. The molecule has 1 amide bonds. The molecule has 0 aromatic heterocycles. The number of likely N-dealkylation sites (tertiary alicyclic amines) is 1. The van der Waals surface area contributed by atoms with Crippen LogP contribution in [-0.4, -0.2) is 43.6 Å². The molecule has 0 bridgehead atoms. The topological polar surface area (TPSA) is 41.6 Å². The van der Waals surface area contributed by atoms with Crippen molar-refractivity contribution >= 4 is 18.3 Å². The first-order chi connectivity index (χ1) is 9.78. The highest BCUT2D eigenvalue weighted by Gasteiger charge is 2.38. The smallest absolute Gasteiger partial charge is 0.253 e. The molecule has 0 radical (unpaired) electrons. The normalized spacial score (nSPS) is 23.3. The number of hydrogen-bond acceptors (Lipinski definition) is 3. The number of benzene rings is 1. The number of ether oxygens (including phenoxy) is 1. The molecule has 2 atom stereocenters. The van der Waals surface area contributed by atoms with Crippen molar-refractivity contribution < 1.29 is 9.53 Å². The summed E-state index contributed by atoms with van der Waals surface area (Å²) in [5.41, 5.74) is 0.740. The summed E-state index contributed by atoms with van der Waals surface area (Å²) < 4.78 is 5.42. The number of halogens is 1. The Hall–Kier alpha value is -1.52. The maximum absolute atomic E-state index is 12.5. The number of carbonyl (C=O) groups is 1. The summed E-state index contributed by atoms with van der Waals surface area (Å²) in [4.78, 5) is 14.4. The summed E-state index contributed by atoms with van der Waals surface area (Å²) in [7, 11) is 0. The maximum Gasteiger partial charge on any atom is 0.253 e. The second kappa shape index (κ2) is 6.96. The van der Waals surface area contributed by atoms with Crippen LogP contribution < -0.4 is 10.1 Å². The number of rotatable bonds is 4. The first kappa shape index (κ1) is 15.9. The van der Waals surface area contributed by atoms with Crippen LogP contribution in [0.2, 0.25) is 0 Å². The van der Waals surface area contributed by atoms with Crippen molar-refractivity contribution in [1.29, 1.82) is 0 Å². The number of carbonyl (C=O) groups excluding carboxylic acids is 1.